The van der Waals surface area contributed by atoms with Crippen molar-refractivity contribution in [3.05, 3.63) is 42.4 Å². The lowest BCUT2D eigenvalue weighted by Gasteiger charge is -2.38. The predicted octanol–water partition coefficient (Wildman–Crippen LogP) is 1.61. The monoisotopic (exact) mass is 358 g/mol. The van der Waals surface area contributed by atoms with Crippen molar-refractivity contribution in [1.29, 1.82) is 0 Å². The van der Waals surface area contributed by atoms with E-state index < -0.39 is 0 Å². The number of carbonyl (C=O) groups is 1. The zero-order chi connectivity index (χ0) is 18.0. The van der Waals surface area contributed by atoms with Gasteiger partial charge >= 0.3 is 0 Å². The summed E-state index contributed by atoms with van der Waals surface area (Å²) in [5, 5.41) is 3.43. The van der Waals surface area contributed by atoms with Crippen molar-refractivity contribution >= 4 is 5.91 Å². The molecular formula is C19H26N4O3. The van der Waals surface area contributed by atoms with Gasteiger partial charge < -0.3 is 23.9 Å². The highest BCUT2D eigenvalue weighted by atomic mass is 16.5. The molecule has 140 valence electrons. The van der Waals surface area contributed by atoms with Crippen molar-refractivity contribution in [2.45, 2.75) is 19.4 Å². The molecule has 1 spiro atoms. The first kappa shape index (κ1) is 17.3. The SMILES string of the molecule is COCC1CN(C(=O)c2ccc(Cn3ccnc3)o2)CC12CCNCC2. The Hall–Kier alpha value is -2.12. The lowest BCUT2D eigenvalue weighted by atomic mass is 9.71. The Labute approximate surface area is 153 Å². The second-order valence-corrected chi connectivity index (χ2v) is 7.45. The Balaban J connectivity index is 1.47. The third-order valence-corrected chi connectivity index (χ3v) is 5.84. The molecule has 0 saturated carbocycles. The number of carbonyl (C=O) groups excluding carboxylic acids is 1. The molecule has 0 aromatic carbocycles. The minimum atomic E-state index is -0.0154. The minimum absolute atomic E-state index is 0.0154. The molecule has 1 N–H and O–H groups in total. The highest BCUT2D eigenvalue weighted by molar-refractivity contribution is 5.91. The molecule has 1 amide bonds. The molecule has 2 aliphatic heterocycles. The first-order valence-corrected chi connectivity index (χ1v) is 9.23. The maximum absolute atomic E-state index is 13.0. The number of nitrogens with one attached hydrogen (secondary N) is 1. The van der Waals surface area contributed by atoms with Crippen LogP contribution in [0.5, 0.6) is 0 Å². The van der Waals surface area contributed by atoms with Crippen molar-refractivity contribution in [3.63, 3.8) is 0 Å². The lowest BCUT2D eigenvalue weighted by molar-refractivity contribution is 0.0692. The number of amides is 1. The number of piperidine rings is 1. The molecule has 26 heavy (non-hydrogen) atoms. The number of rotatable bonds is 5. The first-order chi connectivity index (χ1) is 12.7. The van der Waals surface area contributed by atoms with E-state index in [2.05, 4.69) is 10.3 Å². The van der Waals surface area contributed by atoms with Crippen molar-refractivity contribution in [3.8, 4) is 0 Å². The minimum Gasteiger partial charge on any atom is -0.454 e. The van der Waals surface area contributed by atoms with E-state index in [0.29, 0.717) is 24.8 Å². The Bertz CT molecular complexity index is 734. The van der Waals surface area contributed by atoms with Crippen molar-refractivity contribution in [1.82, 2.24) is 19.8 Å². The van der Waals surface area contributed by atoms with Crippen LogP contribution in [0.25, 0.3) is 0 Å². The van der Waals surface area contributed by atoms with Gasteiger partial charge in [0.2, 0.25) is 0 Å². The van der Waals surface area contributed by atoms with Crippen molar-refractivity contribution in [2.75, 3.05) is 39.9 Å². The molecule has 2 saturated heterocycles. The molecule has 0 radical (unpaired) electrons. The fourth-order valence-electron chi connectivity index (χ4n) is 4.40. The van der Waals surface area contributed by atoms with Gasteiger partial charge in [0.15, 0.2) is 5.76 Å². The van der Waals surface area contributed by atoms with E-state index in [0.717, 1.165) is 44.8 Å². The molecule has 1 atom stereocenters. The fraction of sp³-hybridized carbons (Fsp3) is 0.579. The van der Waals surface area contributed by atoms with Gasteiger partial charge in [0.25, 0.3) is 5.91 Å². The van der Waals surface area contributed by atoms with Crippen LogP contribution in [0.1, 0.15) is 29.2 Å². The van der Waals surface area contributed by atoms with Crippen molar-refractivity contribution < 1.29 is 13.9 Å². The topological polar surface area (TPSA) is 72.5 Å². The zero-order valence-electron chi connectivity index (χ0n) is 15.2. The van der Waals surface area contributed by atoms with Crippen LogP contribution >= 0.6 is 0 Å². The number of ether oxygens (including phenoxy) is 1. The van der Waals surface area contributed by atoms with Gasteiger partial charge in [0, 0.05) is 38.5 Å². The van der Waals surface area contributed by atoms with E-state index in [9.17, 15) is 4.79 Å². The summed E-state index contributed by atoms with van der Waals surface area (Å²) < 4.78 is 13.2. The molecule has 4 heterocycles. The Morgan fingerprint density at radius 2 is 2.27 bits per heavy atom. The normalized spacial score (nSPS) is 22.2. The summed E-state index contributed by atoms with van der Waals surface area (Å²) in [6, 6.07) is 3.66. The van der Waals surface area contributed by atoms with Gasteiger partial charge in [-0.3, -0.25) is 4.79 Å². The molecule has 1 unspecified atom stereocenters. The van der Waals surface area contributed by atoms with Gasteiger partial charge in [-0.25, -0.2) is 4.98 Å². The third-order valence-electron chi connectivity index (χ3n) is 5.84. The number of aromatic nitrogens is 2. The average molecular weight is 358 g/mol. The van der Waals surface area contributed by atoms with Gasteiger partial charge in [0.1, 0.15) is 5.76 Å². The molecule has 2 fully saturated rings. The summed E-state index contributed by atoms with van der Waals surface area (Å²) >= 11 is 0. The summed E-state index contributed by atoms with van der Waals surface area (Å²) in [4.78, 5) is 19.0. The van der Waals surface area contributed by atoms with Crippen molar-refractivity contribution in [2.24, 2.45) is 11.3 Å². The maximum Gasteiger partial charge on any atom is 0.289 e. The molecule has 2 aromatic rings. The third kappa shape index (κ3) is 3.29. The Morgan fingerprint density at radius 1 is 1.42 bits per heavy atom. The van der Waals surface area contributed by atoms with Gasteiger partial charge in [0.05, 0.1) is 19.5 Å². The van der Waals surface area contributed by atoms with E-state index in [1.165, 1.54) is 0 Å². The van der Waals surface area contributed by atoms with Crippen LogP contribution in [0, 0.1) is 11.3 Å². The molecule has 0 aliphatic carbocycles. The number of imidazole rings is 1. The van der Waals surface area contributed by atoms with Crippen LogP contribution in [0.2, 0.25) is 0 Å². The number of furan rings is 1. The quantitative estimate of drug-likeness (QED) is 0.879. The summed E-state index contributed by atoms with van der Waals surface area (Å²) in [6.07, 6.45) is 7.53. The fourth-order valence-corrected chi connectivity index (χ4v) is 4.40. The second kappa shape index (κ2) is 7.25. The molecule has 2 aliphatic rings. The highest BCUT2D eigenvalue weighted by Gasteiger charge is 2.48. The van der Waals surface area contributed by atoms with Crippen LogP contribution < -0.4 is 5.32 Å². The lowest BCUT2D eigenvalue weighted by Crippen LogP contribution is -2.43. The Kier molecular flexibility index (Phi) is 4.82. The van der Waals surface area contributed by atoms with E-state index in [-0.39, 0.29) is 11.3 Å². The van der Waals surface area contributed by atoms with Crippen LogP contribution in [0.4, 0.5) is 0 Å². The summed E-state index contributed by atoms with van der Waals surface area (Å²) in [5.41, 5.74) is 0.170. The predicted molar refractivity (Wildman–Crippen MR) is 95.8 cm³/mol. The Morgan fingerprint density at radius 3 is 3.00 bits per heavy atom. The van der Waals surface area contributed by atoms with E-state index in [1.54, 1.807) is 25.7 Å². The number of hydrogen-bond donors (Lipinski definition) is 1. The molecule has 7 nitrogen and oxygen atoms in total. The standard InChI is InChI=1S/C19H26N4O3/c1-25-12-15-10-23(13-19(15)4-6-20-7-5-19)18(24)17-3-2-16(26-17)11-22-9-8-21-14-22/h2-3,8-9,14-15,20H,4-7,10-13H2,1H3. The molecule has 2 aromatic heterocycles. The van der Waals surface area contributed by atoms with Gasteiger partial charge in [-0.05, 0) is 43.5 Å². The van der Waals surface area contributed by atoms with Crippen LogP contribution in [0.3, 0.4) is 0 Å². The number of hydrogen-bond acceptors (Lipinski definition) is 5. The summed E-state index contributed by atoms with van der Waals surface area (Å²) in [6.45, 7) is 4.84. The van der Waals surface area contributed by atoms with E-state index in [4.69, 9.17) is 9.15 Å². The number of nitrogens with zero attached hydrogens (tertiary/aromatic N) is 3. The molecule has 7 heteroatoms. The van der Waals surface area contributed by atoms with Gasteiger partial charge in [-0.15, -0.1) is 0 Å². The zero-order valence-corrected chi connectivity index (χ0v) is 15.2. The number of methoxy groups -OCH3 is 1. The summed E-state index contributed by atoms with van der Waals surface area (Å²) in [7, 11) is 1.74. The van der Waals surface area contributed by atoms with Gasteiger partial charge in [-0.1, -0.05) is 0 Å². The second-order valence-electron chi connectivity index (χ2n) is 7.45. The first-order valence-electron chi connectivity index (χ1n) is 9.23. The molecule has 0 bridgehead atoms. The van der Waals surface area contributed by atoms with E-state index in [1.807, 2.05) is 21.7 Å². The maximum atomic E-state index is 13.0. The highest BCUT2D eigenvalue weighted by Crippen LogP contribution is 2.43. The molecular weight excluding hydrogens is 332 g/mol. The smallest absolute Gasteiger partial charge is 0.289 e. The van der Waals surface area contributed by atoms with Gasteiger partial charge in [-0.2, -0.15) is 0 Å². The average Bonchev–Trinajstić information content (AvgIpc) is 3.38. The van der Waals surface area contributed by atoms with Crippen LogP contribution in [-0.2, 0) is 11.3 Å². The largest absolute Gasteiger partial charge is 0.454 e. The van der Waals surface area contributed by atoms with E-state index >= 15 is 0 Å². The van der Waals surface area contributed by atoms with Crippen LogP contribution in [0.15, 0.2) is 35.3 Å². The van der Waals surface area contributed by atoms with Crippen LogP contribution in [-0.4, -0.2) is 60.3 Å². The number of likely N-dealkylation sites (tertiary alicyclic amines) is 1. The summed E-state index contributed by atoms with van der Waals surface area (Å²) in [5.74, 6) is 1.55. The molecule has 4 rings (SSSR count).